The fourth-order valence-electron chi connectivity index (χ4n) is 3.81. The standard InChI is InChI=1S/C21H29FN4O4S2/c1-3-31-11-6-23-21(31)24-20(27)16-12-19(32(28,29)26-7-9-30-10-8-26)17(22)13-18(16)25(2)14-15-4-5-15/h6,11-13,15,31H,3-5,7-10,14H2,1-2H3,(H,23,24,27). The zero-order valence-corrected chi connectivity index (χ0v) is 20.0. The molecule has 1 unspecified atom stereocenters. The molecule has 1 saturated heterocycles. The first-order valence-corrected chi connectivity index (χ1v) is 13.8. The van der Waals surface area contributed by atoms with Crippen molar-refractivity contribution in [1.82, 2.24) is 9.62 Å². The van der Waals surface area contributed by atoms with Crippen molar-refractivity contribution in [3.63, 3.8) is 0 Å². The van der Waals surface area contributed by atoms with Crippen LogP contribution < -0.4 is 10.2 Å². The van der Waals surface area contributed by atoms with Crippen LogP contribution in [0.4, 0.5) is 10.1 Å². The molecule has 0 spiro atoms. The molecule has 32 heavy (non-hydrogen) atoms. The predicted octanol–water partition coefficient (Wildman–Crippen LogP) is 2.28. The second-order valence-electron chi connectivity index (χ2n) is 8.13. The van der Waals surface area contributed by atoms with Gasteiger partial charge in [0.05, 0.1) is 24.5 Å². The quantitative estimate of drug-likeness (QED) is 0.580. The Balaban J connectivity index is 1.70. The Morgan fingerprint density at radius 2 is 2.06 bits per heavy atom. The number of ether oxygens (including phenoxy) is 1. The summed E-state index contributed by atoms with van der Waals surface area (Å²) < 4.78 is 47.9. The van der Waals surface area contributed by atoms with E-state index < -0.39 is 37.5 Å². The van der Waals surface area contributed by atoms with Crippen LogP contribution in [-0.2, 0) is 14.8 Å². The summed E-state index contributed by atoms with van der Waals surface area (Å²) in [5, 5.41) is 5.37. The number of carbonyl (C=O) groups is 1. The van der Waals surface area contributed by atoms with Crippen LogP contribution in [0, 0.1) is 11.7 Å². The second-order valence-corrected chi connectivity index (χ2v) is 12.3. The van der Waals surface area contributed by atoms with E-state index in [9.17, 15) is 13.2 Å². The SMILES string of the molecule is CC[SH]1C=CN=C1NC(=O)c1cc(S(=O)(=O)N2CCOCC2)c(F)cc1N(C)CC1CC1. The van der Waals surface area contributed by atoms with Crippen LogP contribution in [0.2, 0.25) is 0 Å². The molecular formula is C21H29FN4O4S2. The maximum Gasteiger partial charge on any atom is 0.259 e. The van der Waals surface area contributed by atoms with Crippen LogP contribution in [0.25, 0.3) is 0 Å². The van der Waals surface area contributed by atoms with Gasteiger partial charge in [-0.25, -0.2) is 17.8 Å². The van der Waals surface area contributed by atoms with Gasteiger partial charge in [0.1, 0.15) is 10.7 Å². The molecule has 2 fully saturated rings. The lowest BCUT2D eigenvalue weighted by Gasteiger charge is -2.27. The number of thiol groups is 1. The van der Waals surface area contributed by atoms with Crippen LogP contribution in [0.5, 0.6) is 0 Å². The Hall–Kier alpha value is -1.95. The lowest BCUT2D eigenvalue weighted by atomic mass is 10.1. The molecule has 1 saturated carbocycles. The van der Waals surface area contributed by atoms with E-state index in [1.807, 2.05) is 17.2 Å². The Bertz CT molecular complexity index is 1050. The van der Waals surface area contributed by atoms with Gasteiger partial charge in [-0.05, 0) is 42.1 Å². The molecule has 3 aliphatic rings. The molecule has 4 rings (SSSR count). The molecule has 1 aliphatic carbocycles. The van der Waals surface area contributed by atoms with Crippen molar-refractivity contribution in [1.29, 1.82) is 0 Å². The number of morpholine rings is 1. The Labute approximate surface area is 190 Å². The van der Waals surface area contributed by atoms with E-state index in [2.05, 4.69) is 10.3 Å². The predicted molar refractivity (Wildman–Crippen MR) is 126 cm³/mol. The molecule has 1 N–H and O–H groups in total. The maximum atomic E-state index is 15.2. The average Bonchev–Trinajstić information content (AvgIpc) is 3.49. The van der Waals surface area contributed by atoms with Crippen molar-refractivity contribution >= 4 is 37.7 Å². The summed E-state index contributed by atoms with van der Waals surface area (Å²) >= 11 is 0. The van der Waals surface area contributed by atoms with Gasteiger partial charge < -0.3 is 15.0 Å². The molecule has 1 aromatic carbocycles. The number of nitrogens with one attached hydrogen (secondary N) is 1. The molecule has 8 nitrogen and oxygen atoms in total. The number of amides is 1. The number of halogens is 1. The highest BCUT2D eigenvalue weighted by Gasteiger charge is 2.33. The van der Waals surface area contributed by atoms with E-state index in [1.165, 1.54) is 16.4 Å². The molecule has 1 atom stereocenters. The Kier molecular flexibility index (Phi) is 6.89. The molecule has 2 heterocycles. The van der Waals surface area contributed by atoms with E-state index in [-0.39, 0.29) is 31.9 Å². The fraction of sp³-hybridized carbons (Fsp3) is 0.524. The molecule has 1 amide bonds. The van der Waals surface area contributed by atoms with Crippen LogP contribution >= 0.6 is 10.9 Å². The van der Waals surface area contributed by atoms with Crippen molar-refractivity contribution in [2.75, 3.05) is 50.5 Å². The average molecular weight is 485 g/mol. The number of sulfonamides is 1. The lowest BCUT2D eigenvalue weighted by Crippen LogP contribution is -2.41. The number of anilines is 1. The van der Waals surface area contributed by atoms with Gasteiger partial charge in [-0.3, -0.25) is 4.79 Å². The molecule has 0 radical (unpaired) electrons. The first-order valence-electron chi connectivity index (χ1n) is 10.8. The summed E-state index contributed by atoms with van der Waals surface area (Å²) in [6.45, 7) is 3.50. The van der Waals surface area contributed by atoms with Crippen molar-refractivity contribution < 1.29 is 22.3 Å². The summed E-state index contributed by atoms with van der Waals surface area (Å²) in [7, 11) is -3.00. The van der Waals surface area contributed by atoms with Gasteiger partial charge in [0, 0.05) is 32.9 Å². The first kappa shape index (κ1) is 23.2. The van der Waals surface area contributed by atoms with Gasteiger partial charge >= 0.3 is 0 Å². The summed E-state index contributed by atoms with van der Waals surface area (Å²) in [4.78, 5) is 18.9. The van der Waals surface area contributed by atoms with Gasteiger partial charge in [0.25, 0.3) is 5.91 Å². The maximum absolute atomic E-state index is 15.2. The molecule has 176 valence electrons. The van der Waals surface area contributed by atoms with Gasteiger partial charge in [0.15, 0.2) is 5.17 Å². The number of benzene rings is 1. The zero-order chi connectivity index (χ0) is 22.9. The van der Waals surface area contributed by atoms with Crippen LogP contribution in [-0.4, -0.2) is 69.4 Å². The molecule has 0 bridgehead atoms. The van der Waals surface area contributed by atoms with E-state index >= 15 is 4.39 Å². The number of nitrogens with zero attached hydrogens (tertiary/aromatic N) is 3. The van der Waals surface area contributed by atoms with Gasteiger partial charge in [-0.2, -0.15) is 15.2 Å². The highest BCUT2D eigenvalue weighted by Crippen LogP contribution is 2.35. The van der Waals surface area contributed by atoms with Crippen LogP contribution in [0.15, 0.2) is 33.6 Å². The number of hydrogen-bond donors (Lipinski definition) is 2. The van der Waals surface area contributed by atoms with E-state index in [4.69, 9.17) is 4.74 Å². The summed E-state index contributed by atoms with van der Waals surface area (Å²) in [5.41, 5.74) is 0.502. The number of amidine groups is 1. The smallest absolute Gasteiger partial charge is 0.259 e. The number of hydrogen-bond acceptors (Lipinski definition) is 6. The van der Waals surface area contributed by atoms with Gasteiger partial charge in [0.2, 0.25) is 10.0 Å². The van der Waals surface area contributed by atoms with Gasteiger partial charge in [-0.15, -0.1) is 0 Å². The minimum Gasteiger partial charge on any atom is -0.379 e. The minimum atomic E-state index is -4.10. The number of rotatable bonds is 7. The second kappa shape index (κ2) is 9.50. The molecule has 1 aromatic rings. The van der Waals surface area contributed by atoms with Gasteiger partial charge in [-0.1, -0.05) is 6.92 Å². The van der Waals surface area contributed by atoms with Crippen LogP contribution in [0.3, 0.4) is 0 Å². The molecule has 0 aromatic heterocycles. The first-order chi connectivity index (χ1) is 15.3. The molecule has 11 heteroatoms. The topological polar surface area (TPSA) is 91.3 Å². The van der Waals surface area contributed by atoms with E-state index in [0.29, 0.717) is 23.3 Å². The largest absolute Gasteiger partial charge is 0.379 e. The lowest BCUT2D eigenvalue weighted by molar-refractivity contribution is 0.0729. The summed E-state index contributed by atoms with van der Waals surface area (Å²) in [6.07, 6.45) is 3.87. The minimum absolute atomic E-state index is 0.127. The molecule has 2 aliphatic heterocycles. The van der Waals surface area contributed by atoms with Crippen LogP contribution in [0.1, 0.15) is 30.1 Å². The number of carbonyl (C=O) groups excluding carboxylic acids is 1. The third-order valence-corrected chi connectivity index (χ3v) is 9.66. The van der Waals surface area contributed by atoms with Crippen molar-refractivity contribution in [3.8, 4) is 0 Å². The monoisotopic (exact) mass is 484 g/mol. The summed E-state index contributed by atoms with van der Waals surface area (Å²) in [5.74, 6) is -0.00246. The summed E-state index contributed by atoms with van der Waals surface area (Å²) in [6, 6.07) is 2.34. The highest BCUT2D eigenvalue weighted by molar-refractivity contribution is 8.32. The fourth-order valence-corrected chi connectivity index (χ4v) is 6.63. The molecular weight excluding hydrogens is 455 g/mol. The van der Waals surface area contributed by atoms with Crippen molar-refractivity contribution in [3.05, 3.63) is 35.1 Å². The van der Waals surface area contributed by atoms with E-state index in [1.54, 1.807) is 13.2 Å². The normalized spacial score (nSPS) is 22.6. The van der Waals surface area contributed by atoms with E-state index in [0.717, 1.165) is 18.6 Å². The highest BCUT2D eigenvalue weighted by atomic mass is 32.2. The number of aliphatic imine (C=N–C) groups is 1. The third kappa shape index (κ3) is 4.85. The van der Waals surface area contributed by atoms with Crippen molar-refractivity contribution in [2.24, 2.45) is 10.9 Å². The third-order valence-electron chi connectivity index (χ3n) is 5.80. The van der Waals surface area contributed by atoms with Crippen molar-refractivity contribution in [2.45, 2.75) is 24.7 Å². The zero-order valence-electron chi connectivity index (χ0n) is 18.3. The Morgan fingerprint density at radius 3 is 2.72 bits per heavy atom. The Morgan fingerprint density at radius 1 is 1.34 bits per heavy atom.